The van der Waals surface area contributed by atoms with Crippen molar-refractivity contribution < 1.29 is 14.3 Å². The number of nitrogens with one attached hydrogen (secondary N) is 1. The number of piperidine rings is 1. The van der Waals surface area contributed by atoms with E-state index < -0.39 is 0 Å². The fourth-order valence-corrected chi connectivity index (χ4v) is 4.11. The lowest BCUT2D eigenvalue weighted by Gasteiger charge is -2.36. The van der Waals surface area contributed by atoms with Gasteiger partial charge in [-0.1, -0.05) is 23.8 Å². The molecule has 1 saturated heterocycles. The van der Waals surface area contributed by atoms with E-state index in [0.717, 1.165) is 48.7 Å². The Balaban J connectivity index is 1.62. The van der Waals surface area contributed by atoms with Crippen molar-refractivity contribution in [2.75, 3.05) is 20.2 Å². The van der Waals surface area contributed by atoms with E-state index in [9.17, 15) is 4.79 Å². The van der Waals surface area contributed by atoms with Gasteiger partial charge in [-0.25, -0.2) is 0 Å². The maximum absolute atomic E-state index is 12.3. The maximum atomic E-state index is 12.3. The first-order valence-corrected chi connectivity index (χ1v) is 10.4. The number of para-hydroxylation sites is 1. The first-order chi connectivity index (χ1) is 14.2. The second kappa shape index (κ2) is 9.26. The van der Waals surface area contributed by atoms with Crippen LogP contribution in [0.25, 0.3) is 0 Å². The van der Waals surface area contributed by atoms with Crippen LogP contribution >= 0.6 is 0 Å². The lowest BCUT2D eigenvalue weighted by molar-refractivity contribution is -0.121. The van der Waals surface area contributed by atoms with Gasteiger partial charge in [0.2, 0.25) is 5.91 Å². The van der Waals surface area contributed by atoms with Crippen molar-refractivity contribution in [2.45, 2.75) is 57.8 Å². The molecule has 2 aliphatic heterocycles. The highest BCUT2D eigenvalue weighted by Crippen LogP contribution is 2.33. The number of carbonyl (C=O) groups is 1. The van der Waals surface area contributed by atoms with E-state index in [1.165, 1.54) is 12.8 Å². The van der Waals surface area contributed by atoms with Gasteiger partial charge in [0, 0.05) is 37.7 Å². The van der Waals surface area contributed by atoms with Crippen LogP contribution in [-0.2, 0) is 24.5 Å². The second-order valence-electron chi connectivity index (χ2n) is 7.74. The fraction of sp³-hybridized carbons (Fsp3) is 0.571. The molecule has 1 amide bonds. The van der Waals surface area contributed by atoms with Gasteiger partial charge in [0.1, 0.15) is 12.3 Å². The highest BCUT2D eigenvalue weighted by atomic mass is 16.5. The van der Waals surface area contributed by atoms with Crippen molar-refractivity contribution in [3.63, 3.8) is 0 Å². The Morgan fingerprint density at radius 2 is 2.17 bits per heavy atom. The predicted molar refractivity (Wildman–Crippen MR) is 108 cm³/mol. The van der Waals surface area contributed by atoms with Crippen LogP contribution in [0.3, 0.4) is 0 Å². The molecule has 1 aromatic heterocycles. The largest absolute Gasteiger partial charge is 0.493 e. The summed E-state index contributed by atoms with van der Waals surface area (Å²) in [6.45, 7) is 3.46. The van der Waals surface area contributed by atoms with Gasteiger partial charge in [-0.15, -0.1) is 5.10 Å². The molecular weight excluding hydrogens is 370 g/mol. The number of ether oxygens (including phenoxy) is 2. The number of fused-ring (bicyclic) bond motifs is 4. The number of rotatable bonds is 1. The van der Waals surface area contributed by atoms with Crippen molar-refractivity contribution in [1.82, 2.24) is 25.2 Å². The first kappa shape index (κ1) is 19.7. The molecule has 2 aromatic rings. The smallest absolute Gasteiger partial charge is 0.220 e. The van der Waals surface area contributed by atoms with E-state index in [0.29, 0.717) is 32.2 Å². The lowest BCUT2D eigenvalue weighted by atomic mass is 10.0. The number of amides is 1. The van der Waals surface area contributed by atoms with Crippen LogP contribution in [-0.4, -0.2) is 52.0 Å². The maximum Gasteiger partial charge on any atom is 0.220 e. The second-order valence-corrected chi connectivity index (χ2v) is 7.74. The van der Waals surface area contributed by atoms with Crippen LogP contribution < -0.4 is 14.8 Å². The number of hydrogen-bond donors (Lipinski definition) is 1. The van der Waals surface area contributed by atoms with Crippen molar-refractivity contribution in [3.05, 3.63) is 35.7 Å². The van der Waals surface area contributed by atoms with Crippen molar-refractivity contribution in [2.24, 2.45) is 0 Å². The molecule has 0 saturated carbocycles. The van der Waals surface area contributed by atoms with E-state index in [4.69, 9.17) is 9.47 Å². The summed E-state index contributed by atoms with van der Waals surface area (Å²) in [6.07, 6.45) is 6.58. The Morgan fingerprint density at radius 3 is 3.07 bits per heavy atom. The minimum absolute atomic E-state index is 0.105. The molecule has 8 nitrogen and oxygen atoms in total. The molecule has 1 aromatic carbocycles. The summed E-state index contributed by atoms with van der Waals surface area (Å²) in [5.74, 6) is 1.58. The zero-order valence-corrected chi connectivity index (χ0v) is 17.0. The van der Waals surface area contributed by atoms with Crippen LogP contribution in [0.5, 0.6) is 11.5 Å². The summed E-state index contributed by atoms with van der Waals surface area (Å²) >= 11 is 0. The number of aryl methyl sites for hydroxylation is 1. The number of hydrogen-bond acceptors (Lipinski definition) is 6. The van der Waals surface area contributed by atoms with E-state index in [-0.39, 0.29) is 5.91 Å². The Bertz CT molecular complexity index is 837. The standard InChI is InChI=1S/C21H29N5O3/c1-28-19-8-4-6-16-13-25-10-3-2-7-18(25)12-22-20(27)9-5-11-26-14-17(23-24-26)15-29-21(16)19/h4,6,8,14,18H,2-3,5,7,9-13,15H2,1H3,(H,22,27). The third-order valence-electron chi connectivity index (χ3n) is 5.68. The van der Waals surface area contributed by atoms with E-state index in [1.54, 1.807) is 11.8 Å². The highest BCUT2D eigenvalue weighted by Gasteiger charge is 2.25. The lowest BCUT2D eigenvalue weighted by Crippen LogP contribution is -2.46. The Morgan fingerprint density at radius 1 is 1.24 bits per heavy atom. The van der Waals surface area contributed by atoms with Crippen molar-refractivity contribution in [1.29, 1.82) is 0 Å². The molecule has 1 unspecified atom stereocenters. The Hall–Kier alpha value is -2.61. The van der Waals surface area contributed by atoms with E-state index in [1.807, 2.05) is 18.3 Å². The molecule has 2 aliphatic rings. The first-order valence-electron chi connectivity index (χ1n) is 10.4. The molecule has 0 radical (unpaired) electrons. The number of methoxy groups -OCH3 is 1. The van der Waals surface area contributed by atoms with Crippen LogP contribution in [0.15, 0.2) is 24.4 Å². The third-order valence-corrected chi connectivity index (χ3v) is 5.68. The molecule has 0 aliphatic carbocycles. The molecule has 156 valence electrons. The molecule has 1 atom stereocenters. The normalized spacial score (nSPS) is 21.4. The monoisotopic (exact) mass is 399 g/mol. The molecule has 1 N–H and O–H groups in total. The van der Waals surface area contributed by atoms with Crippen LogP contribution in [0.1, 0.15) is 43.4 Å². The van der Waals surface area contributed by atoms with Gasteiger partial charge in [0.05, 0.1) is 13.3 Å². The molecule has 1 fully saturated rings. The van der Waals surface area contributed by atoms with Gasteiger partial charge >= 0.3 is 0 Å². The van der Waals surface area contributed by atoms with Gasteiger partial charge in [0.15, 0.2) is 11.5 Å². The molecular formula is C21H29N5O3. The Kier molecular flexibility index (Phi) is 6.29. The zero-order chi connectivity index (χ0) is 20.1. The van der Waals surface area contributed by atoms with Gasteiger partial charge in [-0.05, 0) is 31.9 Å². The number of nitrogens with zero attached hydrogens (tertiary/aromatic N) is 4. The summed E-state index contributed by atoms with van der Waals surface area (Å²) in [7, 11) is 1.66. The Labute approximate surface area is 171 Å². The number of aromatic nitrogens is 3. The van der Waals surface area contributed by atoms with Gasteiger partial charge in [-0.2, -0.15) is 0 Å². The number of carbonyl (C=O) groups excluding carboxylic acids is 1. The summed E-state index contributed by atoms with van der Waals surface area (Å²) in [6, 6.07) is 6.34. The highest BCUT2D eigenvalue weighted by molar-refractivity contribution is 5.75. The summed E-state index contributed by atoms with van der Waals surface area (Å²) in [5, 5.41) is 11.5. The molecule has 0 spiro atoms. The average Bonchev–Trinajstić information content (AvgIpc) is 3.19. The van der Waals surface area contributed by atoms with Crippen LogP contribution in [0.4, 0.5) is 0 Å². The third kappa shape index (κ3) is 4.87. The topological polar surface area (TPSA) is 81.5 Å². The van der Waals surface area contributed by atoms with E-state index in [2.05, 4.69) is 26.6 Å². The van der Waals surface area contributed by atoms with E-state index >= 15 is 0 Å². The van der Waals surface area contributed by atoms with Crippen molar-refractivity contribution in [3.8, 4) is 11.5 Å². The van der Waals surface area contributed by atoms with Gasteiger partial charge in [0.25, 0.3) is 0 Å². The molecule has 4 rings (SSSR count). The zero-order valence-electron chi connectivity index (χ0n) is 17.0. The summed E-state index contributed by atoms with van der Waals surface area (Å²) in [5.41, 5.74) is 1.84. The SMILES string of the molecule is COc1cccc2c1OCc1cn(nn1)CCCC(=O)NCC1CCCCN1C2. The molecule has 3 heterocycles. The molecule has 2 bridgehead atoms. The molecule has 8 heteroatoms. The summed E-state index contributed by atoms with van der Waals surface area (Å²) in [4.78, 5) is 14.7. The quantitative estimate of drug-likeness (QED) is 0.791. The summed E-state index contributed by atoms with van der Waals surface area (Å²) < 4.78 is 13.5. The van der Waals surface area contributed by atoms with Crippen LogP contribution in [0.2, 0.25) is 0 Å². The van der Waals surface area contributed by atoms with Crippen molar-refractivity contribution >= 4 is 5.91 Å². The predicted octanol–water partition coefficient (Wildman–Crippen LogP) is 2.13. The average molecular weight is 399 g/mol. The van der Waals surface area contributed by atoms with Gasteiger partial charge in [-0.3, -0.25) is 14.4 Å². The minimum Gasteiger partial charge on any atom is -0.493 e. The fourth-order valence-electron chi connectivity index (χ4n) is 4.11. The minimum atomic E-state index is 0.105. The van der Waals surface area contributed by atoms with Gasteiger partial charge < -0.3 is 14.8 Å². The molecule has 29 heavy (non-hydrogen) atoms. The number of benzene rings is 1. The van der Waals surface area contributed by atoms with Crippen LogP contribution in [0, 0.1) is 0 Å².